The van der Waals surface area contributed by atoms with Gasteiger partial charge in [-0.1, -0.05) is 29.3 Å². The summed E-state index contributed by atoms with van der Waals surface area (Å²) in [6.45, 7) is 0. The fourth-order valence-electron chi connectivity index (χ4n) is 3.35. The highest BCUT2D eigenvalue weighted by Gasteiger charge is 2.14. The molecule has 2 aromatic heterocycles. The number of anilines is 2. The van der Waals surface area contributed by atoms with Crippen molar-refractivity contribution in [3.8, 4) is 17.2 Å². The van der Waals surface area contributed by atoms with Crippen molar-refractivity contribution in [2.45, 2.75) is 5.75 Å². The lowest BCUT2D eigenvalue weighted by Crippen LogP contribution is -2.02. The van der Waals surface area contributed by atoms with Gasteiger partial charge in [0, 0.05) is 40.8 Å². The highest BCUT2D eigenvalue weighted by Crippen LogP contribution is 2.34. The molecule has 2 heterocycles. The smallest absolute Gasteiger partial charge is 0.151 e. The first kappa shape index (κ1) is 22.9. The zero-order valence-electron chi connectivity index (χ0n) is 17.1. The van der Waals surface area contributed by atoms with Crippen LogP contribution in [0.25, 0.3) is 22.0 Å². The van der Waals surface area contributed by atoms with Crippen LogP contribution in [0.2, 0.25) is 10.2 Å². The summed E-state index contributed by atoms with van der Waals surface area (Å²) in [5.41, 5.74) is 3.64. The van der Waals surface area contributed by atoms with Gasteiger partial charge in [0.05, 0.1) is 27.5 Å². The summed E-state index contributed by atoms with van der Waals surface area (Å²) in [4.78, 5) is 8.46. The van der Waals surface area contributed by atoms with Gasteiger partial charge in [-0.15, -0.1) is 0 Å². The minimum atomic E-state index is -3.31. The summed E-state index contributed by atoms with van der Waals surface area (Å²) < 4.78 is 37.1. The Hall–Kier alpha value is -3.25. The number of rotatable bonds is 5. The van der Waals surface area contributed by atoms with Gasteiger partial charge in [-0.25, -0.2) is 17.8 Å². The fraction of sp³-hybridized carbons (Fsp3) is 0.0870. The van der Waals surface area contributed by atoms with Gasteiger partial charge in [-0.2, -0.15) is 5.26 Å². The quantitative estimate of drug-likeness (QED) is 0.342. The minimum absolute atomic E-state index is 0.0526. The van der Waals surface area contributed by atoms with E-state index in [-0.39, 0.29) is 21.5 Å². The Morgan fingerprint density at radius 2 is 1.85 bits per heavy atom. The molecule has 0 spiro atoms. The highest BCUT2D eigenvalue weighted by atomic mass is 35.5. The van der Waals surface area contributed by atoms with E-state index in [4.69, 9.17) is 23.2 Å². The molecule has 0 aliphatic carbocycles. The number of hydrogen-bond acceptors (Lipinski definition) is 6. The molecule has 0 atom stereocenters. The average molecular weight is 501 g/mol. The molecular weight excluding hydrogens is 486 g/mol. The van der Waals surface area contributed by atoms with Gasteiger partial charge < -0.3 is 5.32 Å². The summed E-state index contributed by atoms with van der Waals surface area (Å²) in [6.07, 6.45) is 4.12. The van der Waals surface area contributed by atoms with Crippen LogP contribution in [0, 0.1) is 17.1 Å². The third kappa shape index (κ3) is 5.06. The van der Waals surface area contributed by atoms with Crippen LogP contribution in [-0.2, 0) is 15.6 Å². The molecule has 6 nitrogen and oxygen atoms in total. The van der Waals surface area contributed by atoms with Crippen LogP contribution in [0.15, 0.2) is 54.9 Å². The lowest BCUT2D eigenvalue weighted by Gasteiger charge is -2.13. The van der Waals surface area contributed by atoms with E-state index >= 15 is 0 Å². The van der Waals surface area contributed by atoms with Crippen LogP contribution in [0.1, 0.15) is 11.1 Å². The number of nitrogens with zero attached hydrogens (tertiary/aromatic N) is 3. The number of nitriles is 1. The summed E-state index contributed by atoms with van der Waals surface area (Å²) in [5, 5.41) is 13.5. The van der Waals surface area contributed by atoms with Crippen molar-refractivity contribution in [3.63, 3.8) is 0 Å². The molecule has 166 valence electrons. The van der Waals surface area contributed by atoms with E-state index in [2.05, 4.69) is 21.4 Å². The largest absolute Gasteiger partial charge is 0.354 e. The van der Waals surface area contributed by atoms with Crippen LogP contribution in [0.4, 0.5) is 15.8 Å². The van der Waals surface area contributed by atoms with E-state index in [1.165, 1.54) is 24.4 Å². The van der Waals surface area contributed by atoms with Crippen LogP contribution < -0.4 is 5.32 Å². The molecule has 10 heteroatoms. The summed E-state index contributed by atoms with van der Waals surface area (Å²) in [6, 6.07) is 13.4. The Bertz CT molecular complexity index is 1550. The number of aromatic nitrogens is 2. The Labute approximate surface area is 199 Å². The Balaban J connectivity index is 1.85. The normalized spacial score (nSPS) is 11.4. The zero-order chi connectivity index (χ0) is 23.8. The topological polar surface area (TPSA) is 95.7 Å². The fourth-order valence-corrected chi connectivity index (χ4v) is 4.56. The number of pyridine rings is 2. The first-order chi connectivity index (χ1) is 15.6. The second kappa shape index (κ2) is 8.94. The molecule has 1 N–H and O–H groups in total. The van der Waals surface area contributed by atoms with Crippen LogP contribution in [0.3, 0.4) is 0 Å². The number of halogens is 3. The Morgan fingerprint density at radius 1 is 1.06 bits per heavy atom. The third-order valence-electron chi connectivity index (χ3n) is 4.84. The van der Waals surface area contributed by atoms with Gasteiger partial charge >= 0.3 is 0 Å². The minimum Gasteiger partial charge on any atom is -0.354 e. The molecule has 0 bridgehead atoms. The van der Waals surface area contributed by atoms with Gasteiger partial charge in [0.2, 0.25) is 0 Å². The van der Waals surface area contributed by atoms with Gasteiger partial charge in [0.1, 0.15) is 17.0 Å². The molecule has 2 aromatic carbocycles. The van der Waals surface area contributed by atoms with Gasteiger partial charge in [0.15, 0.2) is 9.84 Å². The second-order valence-corrected chi connectivity index (χ2v) is 10.3. The lowest BCUT2D eigenvalue weighted by molar-refractivity contribution is 0.601. The number of sulfone groups is 1. The van der Waals surface area contributed by atoms with Crippen LogP contribution in [0.5, 0.6) is 0 Å². The maximum absolute atomic E-state index is 13.6. The average Bonchev–Trinajstić information content (AvgIpc) is 2.77. The predicted molar refractivity (Wildman–Crippen MR) is 128 cm³/mol. The SMILES string of the molecule is CS(=O)(=O)Cc1cc(-c2ccc3ncc(C#N)c(Nc4ccc(F)c(Cl)c4)c3c2)cnc1Cl. The first-order valence-electron chi connectivity index (χ1n) is 9.52. The molecule has 0 saturated heterocycles. The molecule has 0 radical (unpaired) electrons. The maximum atomic E-state index is 13.6. The molecule has 0 unspecified atom stereocenters. The van der Waals surface area contributed by atoms with Crippen molar-refractivity contribution >= 4 is 55.3 Å². The van der Waals surface area contributed by atoms with Crippen molar-refractivity contribution in [2.75, 3.05) is 11.6 Å². The number of benzene rings is 2. The maximum Gasteiger partial charge on any atom is 0.151 e. The van der Waals surface area contributed by atoms with E-state index in [9.17, 15) is 18.1 Å². The monoisotopic (exact) mass is 500 g/mol. The number of fused-ring (bicyclic) bond motifs is 1. The van der Waals surface area contributed by atoms with E-state index < -0.39 is 15.7 Å². The third-order valence-corrected chi connectivity index (χ3v) is 6.31. The van der Waals surface area contributed by atoms with E-state index in [1.54, 1.807) is 18.3 Å². The van der Waals surface area contributed by atoms with E-state index in [0.29, 0.717) is 33.4 Å². The van der Waals surface area contributed by atoms with E-state index in [1.807, 2.05) is 12.1 Å². The number of nitrogens with one attached hydrogen (secondary N) is 1. The van der Waals surface area contributed by atoms with Crippen molar-refractivity contribution < 1.29 is 12.8 Å². The van der Waals surface area contributed by atoms with E-state index in [0.717, 1.165) is 11.8 Å². The standard InChI is InChI=1S/C23H15Cl2FN4O2S/c1-33(31,32)12-15-6-14(10-29-23(15)25)13-2-5-21-18(7-13)22(16(9-27)11-28-21)30-17-3-4-20(26)19(24)8-17/h2-8,10-11H,12H2,1H3,(H,28,30). The van der Waals surface area contributed by atoms with Crippen molar-refractivity contribution in [3.05, 3.63) is 82.0 Å². The molecule has 0 amide bonds. The molecule has 33 heavy (non-hydrogen) atoms. The Kier molecular flexibility index (Phi) is 6.21. The summed E-state index contributed by atoms with van der Waals surface area (Å²) in [5.74, 6) is -0.789. The zero-order valence-corrected chi connectivity index (χ0v) is 19.4. The lowest BCUT2D eigenvalue weighted by atomic mass is 10.0. The first-order valence-corrected chi connectivity index (χ1v) is 12.3. The molecule has 0 saturated carbocycles. The van der Waals surface area contributed by atoms with Crippen LogP contribution >= 0.6 is 23.2 Å². The van der Waals surface area contributed by atoms with Gasteiger partial charge in [-0.3, -0.25) is 4.98 Å². The summed E-state index contributed by atoms with van der Waals surface area (Å²) in [7, 11) is -3.31. The summed E-state index contributed by atoms with van der Waals surface area (Å²) >= 11 is 12.0. The molecular formula is C23H15Cl2FN4O2S. The molecule has 4 rings (SSSR count). The molecule has 0 fully saturated rings. The van der Waals surface area contributed by atoms with Gasteiger partial charge in [0.25, 0.3) is 0 Å². The molecule has 4 aromatic rings. The van der Waals surface area contributed by atoms with Crippen molar-refractivity contribution in [1.82, 2.24) is 9.97 Å². The second-order valence-electron chi connectivity index (χ2n) is 7.39. The molecule has 0 aliphatic heterocycles. The highest BCUT2D eigenvalue weighted by molar-refractivity contribution is 7.89. The van der Waals surface area contributed by atoms with Crippen LogP contribution in [-0.4, -0.2) is 24.6 Å². The number of hydrogen-bond donors (Lipinski definition) is 1. The Morgan fingerprint density at radius 3 is 2.55 bits per heavy atom. The van der Waals surface area contributed by atoms with Crippen molar-refractivity contribution in [1.29, 1.82) is 5.26 Å². The molecule has 0 aliphatic rings. The van der Waals surface area contributed by atoms with Crippen molar-refractivity contribution in [2.24, 2.45) is 0 Å². The predicted octanol–water partition coefficient (Wildman–Crippen LogP) is 5.90. The van der Waals surface area contributed by atoms with Gasteiger partial charge in [-0.05, 0) is 42.0 Å².